The van der Waals surface area contributed by atoms with E-state index < -0.39 is 0 Å². The van der Waals surface area contributed by atoms with Gasteiger partial charge in [-0.05, 0) is 18.6 Å². The predicted octanol–water partition coefficient (Wildman–Crippen LogP) is 3.44. The highest BCUT2D eigenvalue weighted by atomic mass is 79.9. The monoisotopic (exact) mass is 326 g/mol. The molecule has 96 valence electrons. The Bertz CT molecular complexity index is 566. The van der Waals surface area contributed by atoms with Crippen molar-refractivity contribution in [2.45, 2.75) is 13.5 Å². The molecule has 0 saturated heterocycles. The Morgan fingerprint density at radius 3 is 2.67 bits per heavy atom. The molecule has 0 atom stereocenters. The molecule has 3 nitrogen and oxygen atoms in total. The van der Waals surface area contributed by atoms with E-state index in [0.29, 0.717) is 0 Å². The molecule has 2 aromatic rings. The van der Waals surface area contributed by atoms with Crippen molar-refractivity contribution in [3.8, 4) is 11.3 Å². The molecule has 1 aromatic carbocycles. The largest absolute Gasteiger partial charge is 0.391 e. The second-order valence-corrected chi connectivity index (χ2v) is 6.20. The summed E-state index contributed by atoms with van der Waals surface area (Å²) in [5.74, 6) is 0. The summed E-state index contributed by atoms with van der Waals surface area (Å²) in [5.41, 5.74) is 3.08. The van der Waals surface area contributed by atoms with Crippen LogP contribution in [0.4, 0.5) is 5.13 Å². The van der Waals surface area contributed by atoms with E-state index >= 15 is 0 Å². The summed E-state index contributed by atoms with van der Waals surface area (Å²) < 4.78 is 1.06. The molecule has 2 rings (SSSR count). The van der Waals surface area contributed by atoms with Gasteiger partial charge in [0.2, 0.25) is 0 Å². The lowest BCUT2D eigenvalue weighted by molar-refractivity contribution is 0.286. The SMILES string of the molecule is Cc1ccc(-c2nc(N(C)C)sc2CO)cc1Br. The summed E-state index contributed by atoms with van der Waals surface area (Å²) in [7, 11) is 3.91. The fourth-order valence-electron chi connectivity index (χ4n) is 1.60. The van der Waals surface area contributed by atoms with Crippen molar-refractivity contribution in [3.05, 3.63) is 33.1 Å². The Kier molecular flexibility index (Phi) is 4.04. The first-order valence-electron chi connectivity index (χ1n) is 5.57. The van der Waals surface area contributed by atoms with Gasteiger partial charge in [-0.2, -0.15) is 0 Å². The van der Waals surface area contributed by atoms with Gasteiger partial charge in [0.25, 0.3) is 0 Å². The first kappa shape index (κ1) is 13.5. The van der Waals surface area contributed by atoms with Crippen molar-refractivity contribution in [2.24, 2.45) is 0 Å². The maximum atomic E-state index is 9.44. The average Bonchev–Trinajstić information content (AvgIpc) is 2.77. The zero-order chi connectivity index (χ0) is 13.3. The molecule has 0 saturated carbocycles. The van der Waals surface area contributed by atoms with Gasteiger partial charge < -0.3 is 10.0 Å². The number of hydrogen-bond acceptors (Lipinski definition) is 4. The van der Waals surface area contributed by atoms with E-state index in [4.69, 9.17) is 0 Å². The van der Waals surface area contributed by atoms with Gasteiger partial charge in [0.15, 0.2) is 5.13 Å². The molecule has 0 amide bonds. The van der Waals surface area contributed by atoms with E-state index in [1.165, 1.54) is 16.9 Å². The number of aliphatic hydroxyl groups is 1. The summed E-state index contributed by atoms with van der Waals surface area (Å²) in [4.78, 5) is 7.44. The first-order chi connectivity index (χ1) is 8.52. The topological polar surface area (TPSA) is 36.4 Å². The molecular formula is C13H15BrN2OS. The Morgan fingerprint density at radius 2 is 2.11 bits per heavy atom. The van der Waals surface area contributed by atoms with Crippen LogP contribution < -0.4 is 4.90 Å². The van der Waals surface area contributed by atoms with E-state index in [1.807, 2.05) is 38.1 Å². The van der Waals surface area contributed by atoms with Crippen LogP contribution in [0.3, 0.4) is 0 Å². The maximum Gasteiger partial charge on any atom is 0.185 e. The van der Waals surface area contributed by atoms with Crippen molar-refractivity contribution in [1.29, 1.82) is 0 Å². The zero-order valence-corrected chi connectivity index (χ0v) is 13.0. The molecule has 1 heterocycles. The molecule has 0 bridgehead atoms. The van der Waals surface area contributed by atoms with Crippen LogP contribution in [0.25, 0.3) is 11.3 Å². The highest BCUT2D eigenvalue weighted by molar-refractivity contribution is 9.10. The lowest BCUT2D eigenvalue weighted by atomic mass is 10.1. The number of halogens is 1. The minimum atomic E-state index is 0.0202. The van der Waals surface area contributed by atoms with E-state index in [-0.39, 0.29) is 6.61 Å². The number of aromatic nitrogens is 1. The highest BCUT2D eigenvalue weighted by Crippen LogP contribution is 2.34. The summed E-state index contributed by atoms with van der Waals surface area (Å²) in [6.45, 7) is 2.07. The standard InChI is InChI=1S/C13H15BrN2OS/c1-8-4-5-9(6-10(8)14)12-11(7-17)18-13(15-12)16(2)3/h4-6,17H,7H2,1-3H3. The van der Waals surface area contributed by atoms with Gasteiger partial charge in [-0.15, -0.1) is 0 Å². The number of benzene rings is 1. The molecule has 0 aliphatic carbocycles. The number of aliphatic hydroxyl groups excluding tert-OH is 1. The minimum absolute atomic E-state index is 0.0202. The van der Waals surface area contributed by atoms with Crippen molar-refractivity contribution >= 4 is 32.4 Å². The molecular weight excluding hydrogens is 312 g/mol. The molecule has 0 unspecified atom stereocenters. The molecule has 5 heteroatoms. The Hall–Kier alpha value is -0.910. The predicted molar refractivity (Wildman–Crippen MR) is 80.2 cm³/mol. The van der Waals surface area contributed by atoms with Crippen LogP contribution >= 0.6 is 27.3 Å². The van der Waals surface area contributed by atoms with Crippen molar-refractivity contribution in [2.75, 3.05) is 19.0 Å². The van der Waals surface area contributed by atoms with E-state index in [9.17, 15) is 5.11 Å². The molecule has 1 aromatic heterocycles. The van der Waals surface area contributed by atoms with Gasteiger partial charge in [-0.1, -0.05) is 39.4 Å². The second kappa shape index (κ2) is 5.38. The van der Waals surface area contributed by atoms with Crippen LogP contribution in [-0.2, 0) is 6.61 Å². The smallest absolute Gasteiger partial charge is 0.185 e. The van der Waals surface area contributed by atoms with Crippen molar-refractivity contribution in [3.63, 3.8) is 0 Å². The molecule has 0 aliphatic rings. The third-order valence-corrected chi connectivity index (χ3v) is 4.72. The quantitative estimate of drug-likeness (QED) is 0.938. The first-order valence-corrected chi connectivity index (χ1v) is 7.18. The van der Waals surface area contributed by atoms with Gasteiger partial charge in [0.1, 0.15) is 0 Å². The van der Waals surface area contributed by atoms with Gasteiger partial charge in [-0.25, -0.2) is 4.98 Å². The summed E-state index contributed by atoms with van der Waals surface area (Å²) in [6.07, 6.45) is 0. The molecule has 0 fully saturated rings. The van der Waals surface area contributed by atoms with Crippen LogP contribution in [0.2, 0.25) is 0 Å². The lowest BCUT2D eigenvalue weighted by Gasteiger charge is -2.06. The minimum Gasteiger partial charge on any atom is -0.391 e. The van der Waals surface area contributed by atoms with Crippen LogP contribution in [-0.4, -0.2) is 24.2 Å². The molecule has 0 aliphatic heterocycles. The Morgan fingerprint density at radius 1 is 1.39 bits per heavy atom. The van der Waals surface area contributed by atoms with E-state index in [2.05, 4.69) is 27.0 Å². The normalized spacial score (nSPS) is 10.7. The molecule has 0 spiro atoms. The lowest BCUT2D eigenvalue weighted by Crippen LogP contribution is -2.07. The van der Waals surface area contributed by atoms with Crippen molar-refractivity contribution in [1.82, 2.24) is 4.98 Å². The van der Waals surface area contributed by atoms with Crippen LogP contribution in [0.5, 0.6) is 0 Å². The zero-order valence-electron chi connectivity index (χ0n) is 10.6. The Labute approximate surface area is 119 Å². The van der Waals surface area contributed by atoms with E-state index in [1.54, 1.807) is 0 Å². The Balaban J connectivity index is 2.51. The summed E-state index contributed by atoms with van der Waals surface area (Å²) >= 11 is 5.05. The number of anilines is 1. The maximum absolute atomic E-state index is 9.44. The number of aryl methyl sites for hydroxylation is 1. The van der Waals surface area contributed by atoms with Crippen LogP contribution in [0.15, 0.2) is 22.7 Å². The fourth-order valence-corrected chi connectivity index (χ4v) is 2.85. The van der Waals surface area contributed by atoms with Crippen LogP contribution in [0, 0.1) is 6.92 Å². The molecule has 1 N–H and O–H groups in total. The van der Waals surface area contributed by atoms with Gasteiger partial charge in [0.05, 0.1) is 17.2 Å². The van der Waals surface area contributed by atoms with Gasteiger partial charge in [0, 0.05) is 24.1 Å². The van der Waals surface area contributed by atoms with E-state index in [0.717, 1.165) is 25.7 Å². The second-order valence-electron chi connectivity index (χ2n) is 4.28. The summed E-state index contributed by atoms with van der Waals surface area (Å²) in [5, 5.41) is 10.3. The van der Waals surface area contributed by atoms with Gasteiger partial charge in [-0.3, -0.25) is 0 Å². The molecule has 18 heavy (non-hydrogen) atoms. The average molecular weight is 327 g/mol. The number of rotatable bonds is 3. The molecule has 0 radical (unpaired) electrons. The van der Waals surface area contributed by atoms with Gasteiger partial charge >= 0.3 is 0 Å². The number of hydrogen-bond donors (Lipinski definition) is 1. The van der Waals surface area contributed by atoms with Crippen molar-refractivity contribution < 1.29 is 5.11 Å². The highest BCUT2D eigenvalue weighted by Gasteiger charge is 2.14. The van der Waals surface area contributed by atoms with Crippen LogP contribution in [0.1, 0.15) is 10.4 Å². The third-order valence-electron chi connectivity index (χ3n) is 2.66. The number of nitrogens with zero attached hydrogens (tertiary/aromatic N) is 2. The number of thiazole rings is 1. The third kappa shape index (κ3) is 2.58. The summed E-state index contributed by atoms with van der Waals surface area (Å²) in [6, 6.07) is 6.13. The fraction of sp³-hybridized carbons (Fsp3) is 0.308.